The van der Waals surface area contributed by atoms with Crippen LogP contribution in [0.5, 0.6) is 5.75 Å². The maximum Gasteiger partial charge on any atom is 0.261 e. The Hall–Kier alpha value is -2.05. The normalized spacial score (nSPS) is 17.2. The van der Waals surface area contributed by atoms with Crippen LogP contribution in [0.1, 0.15) is 26.3 Å². The first-order chi connectivity index (χ1) is 11.7. The molecule has 1 heterocycles. The molecule has 0 spiro atoms. The van der Waals surface area contributed by atoms with Gasteiger partial charge < -0.3 is 9.47 Å². The second kappa shape index (κ2) is 6.69. The van der Waals surface area contributed by atoms with E-state index >= 15 is 0 Å². The highest BCUT2D eigenvalue weighted by atomic mass is 32.2. The molecule has 1 fully saturated rings. The summed E-state index contributed by atoms with van der Waals surface area (Å²) in [7, 11) is -3.64. The van der Waals surface area contributed by atoms with E-state index in [1.807, 2.05) is 12.1 Å². The van der Waals surface area contributed by atoms with Gasteiger partial charge in [-0.15, -0.1) is 0 Å². The van der Waals surface area contributed by atoms with Crippen LogP contribution in [-0.2, 0) is 20.2 Å². The summed E-state index contributed by atoms with van der Waals surface area (Å²) >= 11 is 0. The summed E-state index contributed by atoms with van der Waals surface area (Å²) in [4.78, 5) is 0.227. The number of benzene rings is 2. The lowest BCUT2D eigenvalue weighted by Gasteiger charge is -2.21. The van der Waals surface area contributed by atoms with Crippen LogP contribution in [0, 0.1) is 0 Å². The van der Waals surface area contributed by atoms with Gasteiger partial charge in [0.1, 0.15) is 18.5 Å². The molecule has 1 saturated heterocycles. The van der Waals surface area contributed by atoms with Crippen LogP contribution in [-0.4, -0.2) is 27.7 Å². The molecule has 0 amide bonds. The zero-order valence-corrected chi connectivity index (χ0v) is 15.5. The van der Waals surface area contributed by atoms with Gasteiger partial charge in [-0.1, -0.05) is 39.0 Å². The maximum absolute atomic E-state index is 12.6. The lowest BCUT2D eigenvalue weighted by molar-refractivity contribution is 0.262. The van der Waals surface area contributed by atoms with Gasteiger partial charge in [0, 0.05) is 6.07 Å². The van der Waals surface area contributed by atoms with Gasteiger partial charge in [0.15, 0.2) is 0 Å². The molecular formula is C19H23NO4S. The maximum atomic E-state index is 12.6. The van der Waals surface area contributed by atoms with Gasteiger partial charge in [-0.05, 0) is 35.2 Å². The van der Waals surface area contributed by atoms with Crippen molar-refractivity contribution in [2.45, 2.75) is 37.2 Å². The molecule has 134 valence electrons. The molecule has 0 aromatic heterocycles. The van der Waals surface area contributed by atoms with E-state index in [2.05, 4.69) is 25.5 Å². The van der Waals surface area contributed by atoms with E-state index in [9.17, 15) is 8.42 Å². The number of hydrogen-bond donors (Lipinski definition) is 1. The Labute approximate surface area is 149 Å². The summed E-state index contributed by atoms with van der Waals surface area (Å²) in [5, 5.41) is 0. The topological polar surface area (TPSA) is 67.9 Å². The quantitative estimate of drug-likeness (QED) is 0.799. The standard InChI is InChI=1S/C19H23NO4S/c1-19(2,3)14-9-15(11-16(10-14)23-12-17-13-24-17)20-25(21,22)18-7-5-4-6-8-18/h4-11,17,20H,12-13H2,1-3H3. The van der Waals surface area contributed by atoms with Crippen LogP contribution in [0.3, 0.4) is 0 Å². The SMILES string of the molecule is CC(C)(C)c1cc(NS(=O)(=O)c2ccccc2)cc(OCC2CO2)c1. The van der Waals surface area contributed by atoms with E-state index in [4.69, 9.17) is 9.47 Å². The fraction of sp³-hybridized carbons (Fsp3) is 0.368. The van der Waals surface area contributed by atoms with Crippen molar-refractivity contribution in [2.75, 3.05) is 17.9 Å². The number of epoxide rings is 1. The highest BCUT2D eigenvalue weighted by Crippen LogP contribution is 2.31. The van der Waals surface area contributed by atoms with Crippen molar-refractivity contribution in [3.8, 4) is 5.75 Å². The molecule has 0 saturated carbocycles. The van der Waals surface area contributed by atoms with E-state index in [0.717, 1.165) is 5.56 Å². The van der Waals surface area contributed by atoms with Crippen molar-refractivity contribution in [3.05, 3.63) is 54.1 Å². The Balaban J connectivity index is 1.89. The zero-order chi connectivity index (χ0) is 18.1. The molecule has 1 aliphatic heterocycles. The van der Waals surface area contributed by atoms with Crippen LogP contribution in [0.25, 0.3) is 0 Å². The van der Waals surface area contributed by atoms with Crippen molar-refractivity contribution in [2.24, 2.45) is 0 Å². The number of rotatable bonds is 6. The lowest BCUT2D eigenvalue weighted by Crippen LogP contribution is -2.16. The first-order valence-corrected chi connectivity index (χ1v) is 9.70. The summed E-state index contributed by atoms with van der Waals surface area (Å²) < 4.78 is 38.7. The number of hydrogen-bond acceptors (Lipinski definition) is 4. The molecule has 0 bridgehead atoms. The molecule has 6 heteroatoms. The molecule has 0 aliphatic carbocycles. The van der Waals surface area contributed by atoms with Gasteiger partial charge in [0.05, 0.1) is 17.2 Å². The number of anilines is 1. The second-order valence-electron chi connectivity index (χ2n) is 7.18. The first kappa shape index (κ1) is 17.8. The van der Waals surface area contributed by atoms with Gasteiger partial charge in [-0.2, -0.15) is 0 Å². The minimum atomic E-state index is -3.64. The zero-order valence-electron chi connectivity index (χ0n) is 14.7. The van der Waals surface area contributed by atoms with Crippen LogP contribution < -0.4 is 9.46 Å². The van der Waals surface area contributed by atoms with Crippen LogP contribution in [0.4, 0.5) is 5.69 Å². The summed E-state index contributed by atoms with van der Waals surface area (Å²) in [6.07, 6.45) is 0.141. The number of nitrogens with one attached hydrogen (secondary N) is 1. The van der Waals surface area contributed by atoms with Gasteiger partial charge >= 0.3 is 0 Å². The predicted octanol–water partition coefficient (Wildman–Crippen LogP) is 3.56. The molecule has 2 aromatic carbocycles. The smallest absolute Gasteiger partial charge is 0.261 e. The van der Waals surface area contributed by atoms with Crippen LogP contribution in [0.2, 0.25) is 0 Å². The molecule has 5 nitrogen and oxygen atoms in total. The first-order valence-electron chi connectivity index (χ1n) is 8.22. The Morgan fingerprint density at radius 3 is 2.44 bits per heavy atom. The van der Waals surface area contributed by atoms with E-state index in [1.54, 1.807) is 36.4 Å². The number of ether oxygens (including phenoxy) is 2. The fourth-order valence-corrected chi connectivity index (χ4v) is 3.40. The number of sulfonamides is 1. The van der Waals surface area contributed by atoms with E-state index in [-0.39, 0.29) is 16.4 Å². The average Bonchev–Trinajstić information content (AvgIpc) is 3.37. The van der Waals surface area contributed by atoms with E-state index < -0.39 is 10.0 Å². The van der Waals surface area contributed by atoms with Crippen molar-refractivity contribution < 1.29 is 17.9 Å². The van der Waals surface area contributed by atoms with Gasteiger partial charge in [-0.3, -0.25) is 4.72 Å². The third-order valence-corrected chi connectivity index (χ3v) is 5.31. The van der Waals surface area contributed by atoms with Crippen molar-refractivity contribution >= 4 is 15.7 Å². The molecule has 1 N–H and O–H groups in total. The summed E-state index contributed by atoms with van der Waals surface area (Å²) in [5.74, 6) is 0.633. The lowest BCUT2D eigenvalue weighted by atomic mass is 9.87. The Bertz CT molecular complexity index is 837. The van der Waals surface area contributed by atoms with E-state index in [0.29, 0.717) is 24.7 Å². The summed E-state index contributed by atoms with van der Waals surface area (Å²) in [5.41, 5.74) is 1.35. The largest absolute Gasteiger partial charge is 0.491 e. The molecule has 1 aliphatic rings. The minimum Gasteiger partial charge on any atom is -0.491 e. The van der Waals surface area contributed by atoms with Gasteiger partial charge in [-0.25, -0.2) is 8.42 Å². The molecule has 1 atom stereocenters. The summed E-state index contributed by atoms with van der Waals surface area (Å²) in [6, 6.07) is 13.8. The van der Waals surface area contributed by atoms with Crippen molar-refractivity contribution in [1.29, 1.82) is 0 Å². The molecule has 3 rings (SSSR count). The fourth-order valence-electron chi connectivity index (χ4n) is 2.34. The Morgan fingerprint density at radius 1 is 1.16 bits per heavy atom. The van der Waals surface area contributed by atoms with Gasteiger partial charge in [0.25, 0.3) is 10.0 Å². The van der Waals surface area contributed by atoms with Gasteiger partial charge in [0.2, 0.25) is 0 Å². The molecule has 0 radical (unpaired) electrons. The Kier molecular flexibility index (Phi) is 4.75. The monoisotopic (exact) mass is 361 g/mol. The minimum absolute atomic E-state index is 0.137. The van der Waals surface area contributed by atoms with Crippen LogP contribution >= 0.6 is 0 Å². The third kappa shape index (κ3) is 4.74. The van der Waals surface area contributed by atoms with Crippen LogP contribution in [0.15, 0.2) is 53.4 Å². The molecular weight excluding hydrogens is 338 g/mol. The molecule has 25 heavy (non-hydrogen) atoms. The third-order valence-electron chi connectivity index (χ3n) is 3.92. The molecule has 1 unspecified atom stereocenters. The summed E-state index contributed by atoms with van der Waals surface area (Å²) in [6.45, 7) is 7.41. The Morgan fingerprint density at radius 2 is 1.84 bits per heavy atom. The second-order valence-corrected chi connectivity index (χ2v) is 8.86. The average molecular weight is 361 g/mol. The highest BCUT2D eigenvalue weighted by Gasteiger charge is 2.24. The van der Waals surface area contributed by atoms with Crippen molar-refractivity contribution in [1.82, 2.24) is 0 Å². The predicted molar refractivity (Wildman–Crippen MR) is 97.6 cm³/mol. The van der Waals surface area contributed by atoms with E-state index in [1.165, 1.54) is 0 Å². The molecule has 2 aromatic rings. The highest BCUT2D eigenvalue weighted by molar-refractivity contribution is 7.92. The van der Waals surface area contributed by atoms with Crippen molar-refractivity contribution in [3.63, 3.8) is 0 Å².